The molecule has 5 aliphatic carbocycles. The molecule has 0 N–H and O–H groups in total. The Morgan fingerprint density at radius 1 is 0.700 bits per heavy atom. The summed E-state index contributed by atoms with van der Waals surface area (Å²) in [5.74, 6) is 4.51. The molecule has 0 bridgehead atoms. The van der Waals surface area contributed by atoms with Gasteiger partial charge >= 0.3 is 0 Å². The highest BCUT2D eigenvalue weighted by Gasteiger charge is 2.69. The summed E-state index contributed by atoms with van der Waals surface area (Å²) in [6.07, 6.45) is 16.2. The lowest BCUT2D eigenvalue weighted by atomic mass is 9.32. The lowest BCUT2D eigenvalue weighted by Gasteiger charge is -2.72. The maximum atomic E-state index is 4.50. The van der Waals surface area contributed by atoms with Gasteiger partial charge in [0.2, 0.25) is 0 Å². The molecule has 0 aliphatic heterocycles. The molecule has 9 atom stereocenters. The first-order chi connectivity index (χ1) is 13.9. The van der Waals surface area contributed by atoms with E-state index in [0.29, 0.717) is 27.1 Å². The van der Waals surface area contributed by atoms with Crippen LogP contribution in [-0.2, 0) is 0 Å². The molecular weight excluding hydrogens is 360 g/mol. The largest absolute Gasteiger partial charge is 0.0998 e. The molecule has 30 heavy (non-hydrogen) atoms. The van der Waals surface area contributed by atoms with Gasteiger partial charge in [0.15, 0.2) is 0 Å². The second kappa shape index (κ2) is 6.41. The average Bonchev–Trinajstić information content (AvgIpc) is 2.99. The van der Waals surface area contributed by atoms with Crippen LogP contribution in [0.15, 0.2) is 12.2 Å². The van der Waals surface area contributed by atoms with Gasteiger partial charge in [-0.15, -0.1) is 0 Å². The Labute approximate surface area is 188 Å². The standard InChI is InChI=1S/C30H50/c1-20(2)21-12-16-27(5)18-19-29(7)22(25(21)27)10-11-24-28(6)15-9-14-26(3,4)23(28)13-17-30(24,29)8/h21-25H,1,9-19H2,2-8H3/t21-,22+,23-,24+,25+,27+,28+,29+,30+/m0/s1. The topological polar surface area (TPSA) is 0 Å². The molecule has 0 radical (unpaired) electrons. The summed E-state index contributed by atoms with van der Waals surface area (Å²) >= 11 is 0. The summed E-state index contributed by atoms with van der Waals surface area (Å²) in [5, 5.41) is 0. The fourth-order valence-corrected chi connectivity index (χ4v) is 11.6. The van der Waals surface area contributed by atoms with Crippen LogP contribution >= 0.6 is 0 Å². The Bertz CT molecular complexity index is 730. The van der Waals surface area contributed by atoms with Crippen LogP contribution in [0.5, 0.6) is 0 Å². The maximum absolute atomic E-state index is 4.50. The van der Waals surface area contributed by atoms with Crippen molar-refractivity contribution in [2.24, 2.45) is 56.7 Å². The number of fused-ring (bicyclic) bond motifs is 7. The number of hydrogen-bond acceptors (Lipinski definition) is 0. The second-order valence-corrected chi connectivity index (χ2v) is 14.7. The predicted octanol–water partition coefficient (Wildman–Crippen LogP) is 9.05. The minimum atomic E-state index is 0.535. The van der Waals surface area contributed by atoms with Crippen LogP contribution in [0.4, 0.5) is 0 Å². The fourth-order valence-electron chi connectivity index (χ4n) is 11.6. The van der Waals surface area contributed by atoms with E-state index in [2.05, 4.69) is 55.0 Å². The van der Waals surface area contributed by atoms with E-state index < -0.39 is 0 Å². The Morgan fingerprint density at radius 3 is 2.13 bits per heavy atom. The van der Waals surface area contributed by atoms with Crippen molar-refractivity contribution in [1.29, 1.82) is 0 Å². The highest BCUT2D eigenvalue weighted by molar-refractivity contribution is 5.20. The first-order valence-corrected chi connectivity index (χ1v) is 13.5. The zero-order valence-electron chi connectivity index (χ0n) is 21.4. The molecular formula is C30H50. The lowest BCUT2D eigenvalue weighted by Crippen LogP contribution is -2.65. The summed E-state index contributed by atoms with van der Waals surface area (Å²) in [6.45, 7) is 23.0. The van der Waals surface area contributed by atoms with E-state index in [-0.39, 0.29) is 0 Å². The molecule has 0 unspecified atom stereocenters. The summed E-state index contributed by atoms with van der Waals surface area (Å²) in [7, 11) is 0. The van der Waals surface area contributed by atoms with Crippen molar-refractivity contribution in [2.45, 2.75) is 119 Å². The number of allylic oxidation sites excluding steroid dienone is 1. The van der Waals surface area contributed by atoms with E-state index in [1.807, 2.05) is 0 Å². The zero-order chi connectivity index (χ0) is 21.7. The van der Waals surface area contributed by atoms with Crippen LogP contribution in [0.1, 0.15) is 119 Å². The monoisotopic (exact) mass is 410 g/mol. The van der Waals surface area contributed by atoms with Crippen molar-refractivity contribution < 1.29 is 0 Å². The second-order valence-electron chi connectivity index (χ2n) is 14.7. The molecule has 5 fully saturated rings. The highest BCUT2D eigenvalue weighted by Crippen LogP contribution is 2.77. The van der Waals surface area contributed by atoms with Crippen LogP contribution in [0.25, 0.3) is 0 Å². The van der Waals surface area contributed by atoms with E-state index >= 15 is 0 Å². The van der Waals surface area contributed by atoms with Gasteiger partial charge in [-0.05, 0) is 128 Å². The Kier molecular flexibility index (Phi) is 4.61. The third-order valence-corrected chi connectivity index (χ3v) is 13.2. The molecule has 0 amide bonds. The quantitative estimate of drug-likeness (QED) is 0.378. The van der Waals surface area contributed by atoms with E-state index in [1.54, 1.807) is 0 Å². The highest BCUT2D eigenvalue weighted by atomic mass is 14.7. The first kappa shape index (κ1) is 21.6. The summed E-state index contributed by atoms with van der Waals surface area (Å²) < 4.78 is 0. The molecule has 0 aromatic carbocycles. The maximum Gasteiger partial charge on any atom is -0.0172 e. The minimum Gasteiger partial charge on any atom is -0.0998 e. The van der Waals surface area contributed by atoms with Gasteiger partial charge in [-0.2, -0.15) is 0 Å². The van der Waals surface area contributed by atoms with Crippen molar-refractivity contribution in [3.8, 4) is 0 Å². The van der Waals surface area contributed by atoms with Crippen LogP contribution < -0.4 is 0 Å². The zero-order valence-corrected chi connectivity index (χ0v) is 21.4. The molecule has 5 rings (SSSR count). The summed E-state index contributed by atoms with van der Waals surface area (Å²) in [6, 6.07) is 0. The van der Waals surface area contributed by atoms with Gasteiger partial charge in [0, 0.05) is 0 Å². The Morgan fingerprint density at radius 2 is 1.43 bits per heavy atom. The molecule has 5 aliphatic rings. The van der Waals surface area contributed by atoms with Gasteiger partial charge in [-0.25, -0.2) is 0 Å². The summed E-state index contributed by atoms with van der Waals surface area (Å²) in [5.41, 5.74) is 4.28. The van der Waals surface area contributed by atoms with Gasteiger partial charge in [0.05, 0.1) is 0 Å². The van der Waals surface area contributed by atoms with Gasteiger partial charge < -0.3 is 0 Å². The normalized spacial score (nSPS) is 57.0. The Hall–Kier alpha value is -0.260. The minimum absolute atomic E-state index is 0.535. The van der Waals surface area contributed by atoms with Gasteiger partial charge in [0.25, 0.3) is 0 Å². The third-order valence-electron chi connectivity index (χ3n) is 13.2. The van der Waals surface area contributed by atoms with Crippen molar-refractivity contribution in [1.82, 2.24) is 0 Å². The van der Waals surface area contributed by atoms with Gasteiger partial charge in [-0.1, -0.05) is 60.1 Å². The van der Waals surface area contributed by atoms with E-state index in [1.165, 1.54) is 76.2 Å². The molecule has 0 saturated heterocycles. The smallest absolute Gasteiger partial charge is 0.0172 e. The fraction of sp³-hybridized carbons (Fsp3) is 0.933. The van der Waals surface area contributed by atoms with Gasteiger partial charge in [-0.3, -0.25) is 0 Å². The van der Waals surface area contributed by atoms with E-state index in [4.69, 9.17) is 0 Å². The Balaban J connectivity index is 1.55. The van der Waals surface area contributed by atoms with Crippen molar-refractivity contribution in [3.05, 3.63) is 12.2 Å². The van der Waals surface area contributed by atoms with Crippen molar-refractivity contribution in [3.63, 3.8) is 0 Å². The molecule has 0 nitrogen and oxygen atoms in total. The van der Waals surface area contributed by atoms with Crippen LogP contribution in [0, 0.1) is 56.7 Å². The molecule has 5 saturated carbocycles. The first-order valence-electron chi connectivity index (χ1n) is 13.5. The average molecular weight is 411 g/mol. The molecule has 0 heteroatoms. The van der Waals surface area contributed by atoms with Crippen molar-refractivity contribution >= 4 is 0 Å². The third kappa shape index (κ3) is 2.52. The van der Waals surface area contributed by atoms with Gasteiger partial charge in [0.1, 0.15) is 0 Å². The van der Waals surface area contributed by atoms with E-state index in [0.717, 1.165) is 29.6 Å². The molecule has 0 aromatic rings. The molecule has 0 heterocycles. The predicted molar refractivity (Wildman–Crippen MR) is 129 cm³/mol. The lowest BCUT2D eigenvalue weighted by molar-refractivity contribution is -0.235. The molecule has 0 spiro atoms. The van der Waals surface area contributed by atoms with E-state index in [9.17, 15) is 0 Å². The summed E-state index contributed by atoms with van der Waals surface area (Å²) in [4.78, 5) is 0. The van der Waals surface area contributed by atoms with Crippen LogP contribution in [-0.4, -0.2) is 0 Å². The number of hydrogen-bond donors (Lipinski definition) is 0. The molecule has 0 aromatic heterocycles. The van der Waals surface area contributed by atoms with Crippen molar-refractivity contribution in [2.75, 3.05) is 0 Å². The number of rotatable bonds is 1. The van der Waals surface area contributed by atoms with Crippen LogP contribution in [0.3, 0.4) is 0 Å². The SMILES string of the molecule is C=C(C)[C@@H]1CC[C@]2(C)CC[C@]3(C)[C@H](CC[C@@H]4[C@]5(C)CCCC(C)(C)[C@@H]5CC[C@]43C)[C@@H]12. The molecule has 170 valence electrons. The van der Waals surface area contributed by atoms with Crippen LogP contribution in [0.2, 0.25) is 0 Å².